The van der Waals surface area contributed by atoms with E-state index in [4.69, 9.17) is 16.6 Å². The lowest BCUT2D eigenvalue weighted by atomic mass is 9.89. The Kier molecular flexibility index (Phi) is 5.70. The molecule has 4 heterocycles. The molecule has 2 aromatic heterocycles. The quantitative estimate of drug-likeness (QED) is 0.475. The monoisotopic (exact) mass is 437 g/mol. The lowest BCUT2D eigenvalue weighted by Crippen LogP contribution is -2.26. The Bertz CT molecular complexity index is 1130. The Hall–Kier alpha value is -2.77. The molecule has 1 saturated heterocycles. The van der Waals surface area contributed by atoms with Crippen LogP contribution in [0.3, 0.4) is 0 Å². The maximum Gasteiger partial charge on any atom is 0.138 e. The highest BCUT2D eigenvalue weighted by atomic mass is 35.5. The van der Waals surface area contributed by atoms with Crippen molar-refractivity contribution in [3.8, 4) is 0 Å². The van der Waals surface area contributed by atoms with Gasteiger partial charge in [0.05, 0.1) is 28.8 Å². The van der Waals surface area contributed by atoms with Crippen LogP contribution in [0.1, 0.15) is 35.7 Å². The number of piperidine rings is 1. The zero-order valence-corrected chi connectivity index (χ0v) is 18.5. The molecule has 8 heteroatoms. The van der Waals surface area contributed by atoms with Crippen LogP contribution in [0, 0.1) is 6.92 Å². The first-order chi connectivity index (χ1) is 15.2. The number of nitrogens with one attached hydrogen (secondary N) is 4. The van der Waals surface area contributed by atoms with E-state index in [1.165, 1.54) is 24.0 Å². The predicted octanol–water partition coefficient (Wildman–Crippen LogP) is 3.31. The van der Waals surface area contributed by atoms with E-state index in [2.05, 4.69) is 51.2 Å². The molecule has 0 amide bonds. The first-order valence-corrected chi connectivity index (χ1v) is 11.3. The first kappa shape index (κ1) is 20.2. The summed E-state index contributed by atoms with van der Waals surface area (Å²) in [4.78, 5) is 8.56. The minimum Gasteiger partial charge on any atom is -0.387 e. The molecule has 0 bridgehead atoms. The third kappa shape index (κ3) is 4.34. The molecule has 0 saturated carbocycles. The van der Waals surface area contributed by atoms with Gasteiger partial charge in [-0.2, -0.15) is 5.10 Å². The smallest absolute Gasteiger partial charge is 0.138 e. The molecule has 3 aromatic rings. The van der Waals surface area contributed by atoms with Gasteiger partial charge in [-0.3, -0.25) is 4.68 Å². The van der Waals surface area contributed by atoms with Gasteiger partial charge in [0.25, 0.3) is 0 Å². The highest BCUT2D eigenvalue weighted by molar-refractivity contribution is 6.30. The van der Waals surface area contributed by atoms with Crippen LogP contribution in [0.15, 0.2) is 42.5 Å². The molecule has 0 radical (unpaired) electrons. The number of allylic oxidation sites excluding steroid dienone is 1. The van der Waals surface area contributed by atoms with Crippen LogP contribution in [0.2, 0.25) is 5.02 Å². The Labute approximate surface area is 187 Å². The van der Waals surface area contributed by atoms with E-state index in [1.807, 2.05) is 17.1 Å². The number of hydrogen-bond acceptors (Lipinski definition) is 5. The molecule has 4 N–H and O–H groups in total. The van der Waals surface area contributed by atoms with E-state index in [9.17, 15) is 0 Å². The second-order valence-electron chi connectivity index (χ2n) is 8.30. The molecule has 0 atom stereocenters. The number of imidazole rings is 1. The third-order valence-corrected chi connectivity index (χ3v) is 6.32. The molecule has 0 aliphatic carbocycles. The Morgan fingerprint density at radius 1 is 1.26 bits per heavy atom. The van der Waals surface area contributed by atoms with E-state index in [1.54, 1.807) is 6.20 Å². The largest absolute Gasteiger partial charge is 0.387 e. The van der Waals surface area contributed by atoms with Crippen LogP contribution in [0.4, 0.5) is 0 Å². The van der Waals surface area contributed by atoms with Crippen LogP contribution in [0.25, 0.3) is 16.6 Å². The number of fused-ring (bicyclic) bond motifs is 1. The number of aromatic amines is 1. The molecule has 31 heavy (non-hydrogen) atoms. The zero-order chi connectivity index (χ0) is 21.2. The molecule has 5 rings (SSSR count). The molecule has 162 valence electrons. The number of aromatic nitrogens is 4. The molecule has 1 fully saturated rings. The number of halogens is 1. The van der Waals surface area contributed by atoms with Gasteiger partial charge in [0.1, 0.15) is 5.82 Å². The van der Waals surface area contributed by atoms with Crippen LogP contribution in [0.5, 0.6) is 0 Å². The number of rotatable bonds is 6. The molecule has 1 aromatic carbocycles. The second-order valence-corrected chi connectivity index (χ2v) is 8.73. The molecular formula is C23H28ClN7. The summed E-state index contributed by atoms with van der Waals surface area (Å²) in [6, 6.07) is 4.63. The van der Waals surface area contributed by atoms with Crippen LogP contribution < -0.4 is 16.0 Å². The number of dihydropyridines is 1. The zero-order valence-electron chi connectivity index (χ0n) is 17.7. The summed E-state index contributed by atoms with van der Waals surface area (Å²) in [5.74, 6) is 1.55. The fourth-order valence-electron chi connectivity index (χ4n) is 4.49. The average Bonchev–Trinajstić information content (AvgIpc) is 3.41. The number of H-pyrrole nitrogens is 1. The fourth-order valence-corrected chi connectivity index (χ4v) is 4.65. The van der Waals surface area contributed by atoms with E-state index in [0.29, 0.717) is 10.9 Å². The Balaban J connectivity index is 1.40. The van der Waals surface area contributed by atoms with Crippen molar-refractivity contribution in [2.75, 3.05) is 26.2 Å². The molecule has 7 nitrogen and oxygen atoms in total. The van der Waals surface area contributed by atoms with Crippen molar-refractivity contribution in [2.24, 2.45) is 0 Å². The SMILES string of the molecule is Cc1cc(C2CCNCC2)cc2[nH]c(C3=C(NCCn4cc(Cl)cn4)C=CNC3)nc12. The third-order valence-electron chi connectivity index (χ3n) is 6.13. The van der Waals surface area contributed by atoms with E-state index in [0.717, 1.165) is 60.9 Å². The van der Waals surface area contributed by atoms with Gasteiger partial charge >= 0.3 is 0 Å². The van der Waals surface area contributed by atoms with Crippen molar-refractivity contribution in [2.45, 2.75) is 32.2 Å². The minimum absolute atomic E-state index is 0.627. The first-order valence-electron chi connectivity index (χ1n) is 10.9. The van der Waals surface area contributed by atoms with Crippen molar-refractivity contribution < 1.29 is 0 Å². The van der Waals surface area contributed by atoms with Crippen LogP contribution in [-0.2, 0) is 6.54 Å². The molecular weight excluding hydrogens is 410 g/mol. The lowest BCUT2D eigenvalue weighted by molar-refractivity contribution is 0.460. The van der Waals surface area contributed by atoms with Gasteiger partial charge < -0.3 is 20.9 Å². The van der Waals surface area contributed by atoms with Gasteiger partial charge in [0.2, 0.25) is 0 Å². The van der Waals surface area contributed by atoms with Gasteiger partial charge in [-0.25, -0.2) is 4.98 Å². The topological polar surface area (TPSA) is 82.6 Å². The van der Waals surface area contributed by atoms with Gasteiger partial charge in [-0.05, 0) is 68.2 Å². The summed E-state index contributed by atoms with van der Waals surface area (Å²) in [7, 11) is 0. The van der Waals surface area contributed by atoms with E-state index < -0.39 is 0 Å². The van der Waals surface area contributed by atoms with Crippen molar-refractivity contribution in [3.05, 3.63) is 64.5 Å². The number of hydrogen-bond donors (Lipinski definition) is 4. The van der Waals surface area contributed by atoms with Gasteiger partial charge in [-0.15, -0.1) is 0 Å². The normalized spacial score (nSPS) is 17.4. The molecule has 0 unspecified atom stereocenters. The van der Waals surface area contributed by atoms with Crippen molar-refractivity contribution in [3.63, 3.8) is 0 Å². The fraction of sp³-hybridized carbons (Fsp3) is 0.391. The highest BCUT2D eigenvalue weighted by Gasteiger charge is 2.19. The summed E-state index contributed by atoms with van der Waals surface area (Å²) in [5.41, 5.74) is 7.05. The summed E-state index contributed by atoms with van der Waals surface area (Å²) < 4.78 is 1.84. The van der Waals surface area contributed by atoms with Crippen molar-refractivity contribution in [1.29, 1.82) is 0 Å². The summed E-state index contributed by atoms with van der Waals surface area (Å²) >= 11 is 5.96. The number of nitrogens with zero attached hydrogens (tertiary/aromatic N) is 3. The second kappa shape index (κ2) is 8.77. The average molecular weight is 438 g/mol. The van der Waals surface area contributed by atoms with Gasteiger partial charge in [-0.1, -0.05) is 17.7 Å². The Morgan fingerprint density at radius 3 is 2.94 bits per heavy atom. The van der Waals surface area contributed by atoms with Crippen molar-refractivity contribution >= 4 is 28.2 Å². The molecule has 0 spiro atoms. The Morgan fingerprint density at radius 2 is 2.13 bits per heavy atom. The van der Waals surface area contributed by atoms with Gasteiger partial charge in [0, 0.05) is 30.6 Å². The summed E-state index contributed by atoms with van der Waals surface area (Å²) in [5, 5.41) is 15.2. The summed E-state index contributed by atoms with van der Waals surface area (Å²) in [6.07, 6.45) is 9.92. The lowest BCUT2D eigenvalue weighted by Gasteiger charge is -2.23. The standard InChI is InChI=1S/C23H28ClN7/c1-15-10-17(16-2-5-25-6-3-16)11-21-22(15)30-23(29-21)19-13-26-7-4-20(19)27-8-9-31-14-18(24)12-28-31/h4,7,10-12,14,16,25-27H,2-3,5-6,8-9,13H2,1H3,(H,29,30). The maximum absolute atomic E-state index is 5.96. The highest BCUT2D eigenvalue weighted by Crippen LogP contribution is 2.30. The van der Waals surface area contributed by atoms with Crippen molar-refractivity contribution in [1.82, 2.24) is 35.7 Å². The van der Waals surface area contributed by atoms with E-state index in [-0.39, 0.29) is 0 Å². The number of aryl methyl sites for hydroxylation is 1. The minimum atomic E-state index is 0.627. The van der Waals surface area contributed by atoms with E-state index >= 15 is 0 Å². The van der Waals surface area contributed by atoms with Gasteiger partial charge in [0.15, 0.2) is 0 Å². The summed E-state index contributed by atoms with van der Waals surface area (Å²) in [6.45, 7) is 6.58. The maximum atomic E-state index is 5.96. The van der Waals surface area contributed by atoms with Crippen LogP contribution >= 0.6 is 11.6 Å². The molecule has 2 aliphatic rings. The van der Waals surface area contributed by atoms with Crippen LogP contribution in [-0.4, -0.2) is 45.9 Å². The molecule has 2 aliphatic heterocycles. The predicted molar refractivity (Wildman–Crippen MR) is 125 cm³/mol. The number of benzene rings is 1.